The molecule has 1 aromatic carbocycles. The van der Waals surface area contributed by atoms with Gasteiger partial charge in [-0.25, -0.2) is 0 Å². The van der Waals surface area contributed by atoms with E-state index in [0.29, 0.717) is 0 Å². The van der Waals surface area contributed by atoms with E-state index in [0.717, 1.165) is 27.5 Å². The van der Waals surface area contributed by atoms with Crippen molar-refractivity contribution in [2.45, 2.75) is 19.0 Å². The zero-order valence-electron chi connectivity index (χ0n) is 14.3. The number of thiocarbonyl (C=S) groups is 1. The van der Waals surface area contributed by atoms with E-state index in [1.807, 2.05) is 24.4 Å². The molecule has 0 aliphatic carbocycles. The minimum atomic E-state index is 0.0180. The van der Waals surface area contributed by atoms with Crippen LogP contribution in [0.3, 0.4) is 0 Å². The van der Waals surface area contributed by atoms with Gasteiger partial charge in [0.15, 0.2) is 5.11 Å². The van der Waals surface area contributed by atoms with Gasteiger partial charge in [-0.3, -0.25) is 4.98 Å². The van der Waals surface area contributed by atoms with Crippen LogP contribution in [0.4, 0.5) is 0 Å². The number of nitrogens with zero attached hydrogens (tertiary/aromatic N) is 3. The molecule has 1 saturated heterocycles. The van der Waals surface area contributed by atoms with Crippen LogP contribution in [0.1, 0.15) is 30.4 Å². The Morgan fingerprint density at radius 2 is 2.04 bits per heavy atom. The van der Waals surface area contributed by atoms with Gasteiger partial charge in [-0.15, -0.1) is 0 Å². The molecule has 0 saturated carbocycles. The highest BCUT2D eigenvalue weighted by Gasteiger charge is 2.40. The van der Waals surface area contributed by atoms with Crippen LogP contribution in [-0.4, -0.2) is 26.1 Å². The molecule has 6 heteroatoms. The number of rotatable bonds is 4. The number of likely N-dealkylation sites (N-methyl/N-ethyl adjacent to an activating group) is 1. The van der Waals surface area contributed by atoms with Gasteiger partial charge in [0.05, 0.1) is 17.8 Å². The van der Waals surface area contributed by atoms with E-state index in [-0.39, 0.29) is 12.1 Å². The normalized spacial score (nSPS) is 19.6. The van der Waals surface area contributed by atoms with E-state index in [1.54, 1.807) is 0 Å². The molecule has 0 radical (unpaired) electrons. The Labute approximate surface area is 167 Å². The Balaban J connectivity index is 1.82. The van der Waals surface area contributed by atoms with Gasteiger partial charge in [-0.1, -0.05) is 28.1 Å². The fraction of sp³-hybridized carbons (Fsp3) is 0.200. The van der Waals surface area contributed by atoms with Gasteiger partial charge in [-0.2, -0.15) is 0 Å². The van der Waals surface area contributed by atoms with Crippen molar-refractivity contribution in [2.75, 3.05) is 6.54 Å². The maximum Gasteiger partial charge on any atom is 0.170 e. The molecule has 1 N–H and O–H groups in total. The van der Waals surface area contributed by atoms with Gasteiger partial charge < -0.3 is 14.8 Å². The van der Waals surface area contributed by atoms with E-state index in [9.17, 15) is 0 Å². The van der Waals surface area contributed by atoms with Crippen LogP contribution in [0.5, 0.6) is 0 Å². The summed E-state index contributed by atoms with van der Waals surface area (Å²) in [7, 11) is 0. The van der Waals surface area contributed by atoms with E-state index in [1.165, 1.54) is 5.69 Å². The van der Waals surface area contributed by atoms with E-state index >= 15 is 0 Å². The molecule has 3 heterocycles. The van der Waals surface area contributed by atoms with Crippen molar-refractivity contribution in [2.24, 2.45) is 0 Å². The highest BCUT2D eigenvalue weighted by atomic mass is 79.9. The lowest BCUT2D eigenvalue weighted by molar-refractivity contribution is 0.321. The predicted molar refractivity (Wildman–Crippen MR) is 111 cm³/mol. The SMILES string of the molecule is CCN1C(=S)N[C@@H](c2ccccn2)[C@@H]1c1cccn1-c1cccc(Br)c1. The fourth-order valence-corrected chi connectivity index (χ4v) is 4.32. The topological polar surface area (TPSA) is 33.1 Å². The first kappa shape index (κ1) is 17.2. The summed E-state index contributed by atoms with van der Waals surface area (Å²) in [5.41, 5.74) is 3.30. The summed E-state index contributed by atoms with van der Waals surface area (Å²) < 4.78 is 3.28. The molecule has 132 valence electrons. The van der Waals surface area contributed by atoms with Crippen LogP contribution in [0.25, 0.3) is 5.69 Å². The summed E-state index contributed by atoms with van der Waals surface area (Å²) in [6, 6.07) is 18.7. The van der Waals surface area contributed by atoms with Crippen LogP contribution >= 0.6 is 28.1 Å². The molecule has 2 aromatic heterocycles. The standard InChI is InChI=1S/C20H19BrN4S/c1-2-24-19(18(23-20(24)26)16-9-3-4-11-22-16)17-10-6-12-25(17)15-8-5-7-14(21)13-15/h3-13,18-19H,2H2,1H3,(H,23,26)/t18-,19-/m0/s1. The monoisotopic (exact) mass is 426 g/mol. The van der Waals surface area contributed by atoms with Gasteiger partial charge in [-0.05, 0) is 61.6 Å². The third kappa shape index (κ3) is 3.04. The Hall–Kier alpha value is -2.18. The Morgan fingerprint density at radius 3 is 2.77 bits per heavy atom. The van der Waals surface area contributed by atoms with Crippen molar-refractivity contribution in [3.63, 3.8) is 0 Å². The average molecular weight is 427 g/mol. The number of aromatic nitrogens is 2. The van der Waals surface area contributed by atoms with Crippen molar-refractivity contribution < 1.29 is 0 Å². The molecule has 1 aliphatic rings. The lowest BCUT2D eigenvalue weighted by atomic mass is 10.0. The highest BCUT2D eigenvalue weighted by molar-refractivity contribution is 9.10. The van der Waals surface area contributed by atoms with Gasteiger partial charge in [0.2, 0.25) is 0 Å². The highest BCUT2D eigenvalue weighted by Crippen LogP contribution is 2.39. The Kier molecular flexibility index (Phi) is 4.78. The molecule has 1 aliphatic heterocycles. The molecular weight excluding hydrogens is 408 g/mol. The lowest BCUT2D eigenvalue weighted by Gasteiger charge is -2.28. The molecule has 4 rings (SSSR count). The second-order valence-corrected chi connectivity index (χ2v) is 7.50. The fourth-order valence-electron chi connectivity index (χ4n) is 3.56. The minimum Gasteiger partial charge on any atom is -0.352 e. The maximum absolute atomic E-state index is 5.62. The van der Waals surface area contributed by atoms with E-state index in [2.05, 4.69) is 85.2 Å². The molecule has 3 aromatic rings. The minimum absolute atomic E-state index is 0.0180. The summed E-state index contributed by atoms with van der Waals surface area (Å²) in [4.78, 5) is 6.81. The predicted octanol–water partition coefficient (Wildman–Crippen LogP) is 4.63. The summed E-state index contributed by atoms with van der Waals surface area (Å²) in [6.07, 6.45) is 3.93. The number of hydrogen-bond acceptors (Lipinski definition) is 2. The van der Waals surface area contributed by atoms with E-state index < -0.39 is 0 Å². The van der Waals surface area contributed by atoms with Crippen LogP contribution in [0.2, 0.25) is 0 Å². The number of benzene rings is 1. The summed E-state index contributed by atoms with van der Waals surface area (Å²) in [6.45, 7) is 2.97. The smallest absolute Gasteiger partial charge is 0.170 e. The molecular formula is C20H19BrN4S. The largest absolute Gasteiger partial charge is 0.352 e. The molecule has 0 bridgehead atoms. The van der Waals surface area contributed by atoms with Crippen molar-refractivity contribution in [3.05, 3.63) is 82.9 Å². The molecule has 4 nitrogen and oxygen atoms in total. The average Bonchev–Trinajstić information content (AvgIpc) is 3.26. The number of halogens is 1. The molecule has 2 atom stereocenters. The number of nitrogens with one attached hydrogen (secondary N) is 1. The first-order valence-corrected chi connectivity index (χ1v) is 9.80. The second kappa shape index (κ2) is 7.21. The molecule has 0 unspecified atom stereocenters. The Morgan fingerprint density at radius 1 is 1.15 bits per heavy atom. The first-order valence-electron chi connectivity index (χ1n) is 8.60. The van der Waals surface area contributed by atoms with Crippen LogP contribution in [-0.2, 0) is 0 Å². The lowest BCUT2D eigenvalue weighted by Crippen LogP contribution is -2.30. The zero-order chi connectivity index (χ0) is 18.1. The molecule has 1 fully saturated rings. The summed E-state index contributed by atoms with van der Waals surface area (Å²) in [5, 5.41) is 4.25. The van der Waals surface area contributed by atoms with Crippen molar-refractivity contribution in [3.8, 4) is 5.69 Å². The van der Waals surface area contributed by atoms with Crippen LogP contribution in [0.15, 0.2) is 71.5 Å². The van der Waals surface area contributed by atoms with Crippen LogP contribution < -0.4 is 5.32 Å². The second-order valence-electron chi connectivity index (χ2n) is 6.20. The van der Waals surface area contributed by atoms with Crippen molar-refractivity contribution in [1.29, 1.82) is 0 Å². The Bertz CT molecular complexity index is 924. The molecule has 0 spiro atoms. The molecule has 0 amide bonds. The first-order chi connectivity index (χ1) is 12.7. The van der Waals surface area contributed by atoms with Gasteiger partial charge in [0.1, 0.15) is 0 Å². The van der Waals surface area contributed by atoms with Crippen molar-refractivity contribution >= 4 is 33.3 Å². The quantitative estimate of drug-likeness (QED) is 0.616. The third-order valence-corrected chi connectivity index (χ3v) is 5.55. The van der Waals surface area contributed by atoms with Gasteiger partial charge in [0.25, 0.3) is 0 Å². The summed E-state index contributed by atoms with van der Waals surface area (Å²) in [5.74, 6) is 0. The maximum atomic E-state index is 5.62. The van der Waals surface area contributed by atoms with Crippen molar-refractivity contribution in [1.82, 2.24) is 19.8 Å². The third-order valence-electron chi connectivity index (χ3n) is 4.71. The number of pyridine rings is 1. The van der Waals surface area contributed by atoms with E-state index in [4.69, 9.17) is 12.2 Å². The summed E-state index contributed by atoms with van der Waals surface area (Å²) >= 11 is 9.19. The zero-order valence-corrected chi connectivity index (χ0v) is 16.7. The number of hydrogen-bond donors (Lipinski definition) is 1. The van der Waals surface area contributed by atoms with Crippen LogP contribution in [0, 0.1) is 0 Å². The van der Waals surface area contributed by atoms with Gasteiger partial charge in [0, 0.05) is 34.8 Å². The van der Waals surface area contributed by atoms with Gasteiger partial charge >= 0.3 is 0 Å². The molecule has 26 heavy (non-hydrogen) atoms.